The van der Waals surface area contributed by atoms with E-state index in [4.69, 9.17) is 5.73 Å². The number of fused-ring (bicyclic) bond motifs is 1. The van der Waals surface area contributed by atoms with E-state index in [1.807, 2.05) is 0 Å². The van der Waals surface area contributed by atoms with Crippen LogP contribution in [0.4, 0.5) is 36.6 Å². The van der Waals surface area contributed by atoms with Gasteiger partial charge in [-0.15, -0.1) is 0 Å². The third-order valence-electron chi connectivity index (χ3n) is 6.13. The number of nitrogens with one attached hydrogen (secondary N) is 1. The predicted octanol–water partition coefficient (Wildman–Crippen LogP) is 3.07. The summed E-state index contributed by atoms with van der Waals surface area (Å²) in [5.41, 5.74) is -1.12. The van der Waals surface area contributed by atoms with Gasteiger partial charge in [0.05, 0.1) is 35.0 Å². The molecule has 0 spiro atoms. The normalized spacial score (nSPS) is 18.6. The van der Waals surface area contributed by atoms with Crippen molar-refractivity contribution >= 4 is 23.1 Å². The molecule has 0 unspecified atom stereocenters. The van der Waals surface area contributed by atoms with E-state index in [1.54, 1.807) is 0 Å². The number of anilines is 1. The quantitative estimate of drug-likeness (QED) is 0.420. The van der Waals surface area contributed by atoms with Crippen LogP contribution < -0.4 is 11.1 Å². The van der Waals surface area contributed by atoms with Gasteiger partial charge < -0.3 is 21.1 Å². The zero-order chi connectivity index (χ0) is 29.1. The molecule has 4 N–H and O–H groups in total. The van der Waals surface area contributed by atoms with Gasteiger partial charge >= 0.3 is 12.4 Å². The Morgan fingerprint density at radius 1 is 1.05 bits per heavy atom. The van der Waals surface area contributed by atoms with Gasteiger partial charge in [-0.05, 0) is 32.0 Å². The van der Waals surface area contributed by atoms with Gasteiger partial charge in [0.2, 0.25) is 0 Å². The highest BCUT2D eigenvalue weighted by molar-refractivity contribution is 5.97. The van der Waals surface area contributed by atoms with E-state index in [0.717, 1.165) is 21.8 Å². The fourth-order valence-corrected chi connectivity index (χ4v) is 4.33. The number of aromatic nitrogens is 3. The number of likely N-dealkylation sites (tertiary alicyclic amines) is 1. The molecule has 3 heterocycles. The lowest BCUT2D eigenvalue weighted by Gasteiger charge is -2.24. The van der Waals surface area contributed by atoms with Crippen molar-refractivity contribution < 1.29 is 45.4 Å². The van der Waals surface area contributed by atoms with Crippen molar-refractivity contribution in [2.75, 3.05) is 18.8 Å². The van der Waals surface area contributed by atoms with Crippen LogP contribution in [0.25, 0.3) is 16.8 Å². The van der Waals surface area contributed by atoms with Crippen LogP contribution in [0.3, 0.4) is 0 Å². The first-order chi connectivity index (χ1) is 17.9. The van der Waals surface area contributed by atoms with Crippen molar-refractivity contribution in [1.82, 2.24) is 24.8 Å². The molecule has 39 heavy (non-hydrogen) atoms. The molecule has 2 atom stereocenters. The van der Waals surface area contributed by atoms with Crippen LogP contribution in [0.1, 0.15) is 35.3 Å². The number of alkyl halides is 7. The monoisotopic (exact) mass is 562 g/mol. The average molecular weight is 562 g/mol. The second-order valence-corrected chi connectivity index (χ2v) is 9.47. The number of amides is 2. The topological polar surface area (TPSA) is 126 Å². The summed E-state index contributed by atoms with van der Waals surface area (Å²) in [6.45, 7) is 1.40. The van der Waals surface area contributed by atoms with Gasteiger partial charge in [-0.25, -0.2) is 13.9 Å². The summed E-state index contributed by atoms with van der Waals surface area (Å²) in [7, 11) is 0. The maximum atomic E-state index is 14.6. The fourth-order valence-electron chi connectivity index (χ4n) is 4.33. The van der Waals surface area contributed by atoms with E-state index in [0.29, 0.717) is 18.2 Å². The summed E-state index contributed by atoms with van der Waals surface area (Å²) in [6.07, 6.45) is -11.0. The van der Waals surface area contributed by atoms with Gasteiger partial charge in [0.1, 0.15) is 23.6 Å². The first-order valence-electron chi connectivity index (χ1n) is 11.3. The van der Waals surface area contributed by atoms with E-state index >= 15 is 0 Å². The van der Waals surface area contributed by atoms with Crippen molar-refractivity contribution in [3.05, 3.63) is 47.3 Å². The van der Waals surface area contributed by atoms with E-state index in [1.165, 1.54) is 13.8 Å². The summed E-state index contributed by atoms with van der Waals surface area (Å²) in [5.74, 6) is -2.75. The Morgan fingerprint density at radius 3 is 2.28 bits per heavy atom. The molecule has 1 aromatic carbocycles. The molecule has 1 aliphatic heterocycles. The number of carbonyl (C=O) groups is 2. The number of halogens is 7. The van der Waals surface area contributed by atoms with Crippen molar-refractivity contribution in [1.29, 1.82) is 0 Å². The molecule has 1 saturated heterocycles. The lowest BCUT2D eigenvalue weighted by Crippen LogP contribution is -2.46. The molecule has 0 radical (unpaired) electrons. The molecule has 9 nitrogen and oxygen atoms in total. The molecule has 210 valence electrons. The number of nitrogens with zero attached hydrogens (tertiary/aromatic N) is 4. The smallest absolute Gasteiger partial charge is 0.382 e. The Kier molecular flexibility index (Phi) is 6.73. The molecule has 16 heteroatoms. The van der Waals surface area contributed by atoms with Crippen LogP contribution in [-0.2, 0) is 17.1 Å². The highest BCUT2D eigenvalue weighted by Crippen LogP contribution is 2.40. The van der Waals surface area contributed by atoms with E-state index < -0.39 is 83.1 Å². The van der Waals surface area contributed by atoms with Crippen molar-refractivity contribution in [2.24, 2.45) is 0 Å². The van der Waals surface area contributed by atoms with E-state index in [-0.39, 0.29) is 11.3 Å². The standard InChI is InChI=1S/C23H21F7N6O3/c1-21(2,39)20(38)35-7-14(24)15(8-35)34-19(37)11-5-10(3-4-12(11)22(25,26)27)16-6-13(23(28,29)30)17-18(31)32-9-33-36(16)17/h3-6,9,14-15,39H,7-8H2,1-2H3,(H,34,37)(H2,31,32,33)/t14-,15+/m0/s1. The molecular weight excluding hydrogens is 541 g/mol. The Hall–Kier alpha value is -3.95. The number of benzene rings is 1. The van der Waals surface area contributed by atoms with Gasteiger partial charge in [-0.3, -0.25) is 9.59 Å². The second-order valence-electron chi connectivity index (χ2n) is 9.47. The average Bonchev–Trinajstić information content (AvgIpc) is 3.38. The number of aliphatic hydroxyl groups is 1. The number of hydrogen-bond acceptors (Lipinski definition) is 6. The summed E-state index contributed by atoms with van der Waals surface area (Å²) < 4.78 is 97.7. The molecule has 4 rings (SSSR count). The first-order valence-corrected chi connectivity index (χ1v) is 11.3. The largest absolute Gasteiger partial charge is 0.418 e. The molecule has 1 fully saturated rings. The Bertz CT molecular complexity index is 1440. The Morgan fingerprint density at radius 2 is 1.69 bits per heavy atom. The van der Waals surface area contributed by atoms with Crippen LogP contribution in [-0.4, -0.2) is 67.3 Å². The molecule has 2 aromatic heterocycles. The summed E-state index contributed by atoms with van der Waals surface area (Å²) >= 11 is 0. The van der Waals surface area contributed by atoms with Crippen molar-refractivity contribution in [3.8, 4) is 11.3 Å². The van der Waals surface area contributed by atoms with E-state index in [9.17, 15) is 45.4 Å². The van der Waals surface area contributed by atoms with Gasteiger partial charge in [0.25, 0.3) is 11.8 Å². The molecule has 1 aliphatic rings. The zero-order valence-electron chi connectivity index (χ0n) is 20.2. The van der Waals surface area contributed by atoms with Gasteiger partial charge in [0, 0.05) is 12.1 Å². The van der Waals surface area contributed by atoms with Gasteiger partial charge in [-0.2, -0.15) is 31.4 Å². The van der Waals surface area contributed by atoms with Gasteiger partial charge in [0.15, 0.2) is 5.82 Å². The predicted molar refractivity (Wildman–Crippen MR) is 122 cm³/mol. The number of nitrogen functional groups attached to an aromatic ring is 1. The second kappa shape index (κ2) is 9.36. The third kappa shape index (κ3) is 5.32. The zero-order valence-corrected chi connectivity index (χ0v) is 20.2. The highest BCUT2D eigenvalue weighted by atomic mass is 19.4. The summed E-state index contributed by atoms with van der Waals surface area (Å²) in [6, 6.07) is 1.27. The number of rotatable bonds is 4. The molecule has 0 saturated carbocycles. The summed E-state index contributed by atoms with van der Waals surface area (Å²) in [5, 5.41) is 15.7. The van der Waals surface area contributed by atoms with Crippen LogP contribution in [0.15, 0.2) is 30.6 Å². The highest BCUT2D eigenvalue weighted by Gasteiger charge is 2.42. The number of nitrogens with two attached hydrogens (primary N) is 1. The van der Waals surface area contributed by atoms with E-state index in [2.05, 4.69) is 15.4 Å². The minimum absolute atomic E-state index is 0.251. The summed E-state index contributed by atoms with van der Waals surface area (Å²) in [4.78, 5) is 29.7. The third-order valence-corrected chi connectivity index (χ3v) is 6.13. The maximum absolute atomic E-state index is 14.6. The number of carbonyl (C=O) groups excluding carboxylic acids is 2. The van der Waals surface area contributed by atoms with Crippen molar-refractivity contribution in [3.63, 3.8) is 0 Å². The number of hydrogen-bond donors (Lipinski definition) is 3. The molecule has 0 bridgehead atoms. The minimum atomic E-state index is -5.05. The lowest BCUT2D eigenvalue weighted by molar-refractivity contribution is -0.147. The minimum Gasteiger partial charge on any atom is -0.382 e. The molecule has 3 aromatic rings. The molecule has 0 aliphatic carbocycles. The SMILES string of the molecule is CC(C)(O)C(=O)N1C[C@H](F)[C@H](NC(=O)c2cc(-c3cc(C(F)(F)F)c4c(N)ncnn34)ccc2C(F)(F)F)C1. The fraction of sp³-hybridized carbons (Fsp3) is 0.391. The van der Waals surface area contributed by atoms with Gasteiger partial charge in [-0.1, -0.05) is 6.07 Å². The first kappa shape index (κ1) is 28.1. The Balaban J connectivity index is 1.75. The van der Waals surface area contributed by atoms with Crippen molar-refractivity contribution in [2.45, 2.75) is 44.0 Å². The van der Waals surface area contributed by atoms with Crippen LogP contribution >= 0.6 is 0 Å². The molecule has 2 amide bonds. The molecular formula is C23H21F7N6O3. The van der Waals surface area contributed by atoms with Crippen LogP contribution in [0.2, 0.25) is 0 Å². The van der Waals surface area contributed by atoms with Crippen LogP contribution in [0, 0.1) is 0 Å². The van der Waals surface area contributed by atoms with Crippen LogP contribution in [0.5, 0.6) is 0 Å². The maximum Gasteiger partial charge on any atom is 0.418 e. The lowest BCUT2D eigenvalue weighted by atomic mass is 10.00. The Labute approximate surface area is 215 Å².